The van der Waals surface area contributed by atoms with Gasteiger partial charge in [0.25, 0.3) is 5.91 Å². The zero-order valence-electron chi connectivity index (χ0n) is 10.9. The minimum Gasteiger partial charge on any atom is -0.267 e. The number of rotatable bonds is 4. The summed E-state index contributed by atoms with van der Waals surface area (Å²) < 4.78 is 0. The first-order chi connectivity index (χ1) is 8.00. The van der Waals surface area contributed by atoms with Crippen molar-refractivity contribution < 1.29 is 4.79 Å². The molecule has 0 saturated carbocycles. The van der Waals surface area contributed by atoms with E-state index in [1.165, 1.54) is 0 Å². The van der Waals surface area contributed by atoms with Crippen LogP contribution in [0.15, 0.2) is 29.4 Å². The lowest BCUT2D eigenvalue weighted by molar-refractivity contribution is 0.0954. The minimum atomic E-state index is -0.147. The molecule has 1 N–H and O–H groups in total. The molecule has 1 amide bonds. The van der Waals surface area contributed by atoms with E-state index in [2.05, 4.69) is 24.4 Å². The first-order valence-corrected chi connectivity index (χ1v) is 5.90. The van der Waals surface area contributed by atoms with Crippen LogP contribution in [0.4, 0.5) is 0 Å². The van der Waals surface area contributed by atoms with E-state index in [0.717, 1.165) is 17.7 Å². The summed E-state index contributed by atoms with van der Waals surface area (Å²) in [6, 6.07) is 7.49. The Balaban J connectivity index is 2.65. The third-order valence-corrected chi connectivity index (χ3v) is 2.44. The molecular formula is C14H20N2O. The van der Waals surface area contributed by atoms with E-state index >= 15 is 0 Å². The number of carbonyl (C=O) groups is 1. The number of nitrogens with one attached hydrogen (secondary N) is 1. The third kappa shape index (κ3) is 4.39. The fraction of sp³-hybridized carbons (Fsp3) is 0.429. The van der Waals surface area contributed by atoms with Crippen molar-refractivity contribution in [1.29, 1.82) is 0 Å². The second-order valence-corrected chi connectivity index (χ2v) is 4.70. The van der Waals surface area contributed by atoms with Crippen molar-refractivity contribution in [2.45, 2.75) is 34.1 Å². The lowest BCUT2D eigenvalue weighted by Crippen LogP contribution is -2.20. The maximum Gasteiger partial charge on any atom is 0.271 e. The SMILES string of the molecule is C/C(CC(C)C)=N\NC(=O)c1ccccc1C. The predicted molar refractivity (Wildman–Crippen MR) is 71.2 cm³/mol. The highest BCUT2D eigenvalue weighted by molar-refractivity contribution is 5.96. The standard InChI is InChI=1S/C14H20N2O/c1-10(2)9-12(4)15-16-14(17)13-8-6-5-7-11(13)3/h5-8,10H,9H2,1-4H3,(H,16,17)/b15-12+. The van der Waals surface area contributed by atoms with Crippen LogP contribution >= 0.6 is 0 Å². The highest BCUT2D eigenvalue weighted by atomic mass is 16.2. The Bertz CT molecular complexity index is 422. The molecule has 17 heavy (non-hydrogen) atoms. The lowest BCUT2D eigenvalue weighted by atomic mass is 10.1. The van der Waals surface area contributed by atoms with Gasteiger partial charge in [-0.25, -0.2) is 5.43 Å². The minimum absolute atomic E-state index is 0.147. The van der Waals surface area contributed by atoms with Crippen LogP contribution in [0.2, 0.25) is 0 Å². The predicted octanol–water partition coefficient (Wildman–Crippen LogP) is 3.15. The van der Waals surface area contributed by atoms with Gasteiger partial charge in [-0.3, -0.25) is 4.79 Å². The van der Waals surface area contributed by atoms with Gasteiger partial charge < -0.3 is 0 Å². The molecule has 3 nitrogen and oxygen atoms in total. The number of amides is 1. The van der Waals surface area contributed by atoms with Crippen molar-refractivity contribution in [3.05, 3.63) is 35.4 Å². The zero-order valence-corrected chi connectivity index (χ0v) is 10.9. The van der Waals surface area contributed by atoms with Crippen molar-refractivity contribution in [3.8, 4) is 0 Å². The average molecular weight is 232 g/mol. The van der Waals surface area contributed by atoms with Gasteiger partial charge in [0.2, 0.25) is 0 Å². The fourth-order valence-electron chi connectivity index (χ4n) is 1.67. The summed E-state index contributed by atoms with van der Waals surface area (Å²) in [4.78, 5) is 11.8. The van der Waals surface area contributed by atoms with Crippen LogP contribution in [-0.4, -0.2) is 11.6 Å². The van der Waals surface area contributed by atoms with E-state index in [4.69, 9.17) is 0 Å². The zero-order chi connectivity index (χ0) is 12.8. The average Bonchev–Trinajstić information content (AvgIpc) is 2.25. The first-order valence-electron chi connectivity index (χ1n) is 5.90. The van der Waals surface area contributed by atoms with Gasteiger partial charge in [-0.1, -0.05) is 32.0 Å². The molecule has 0 aliphatic rings. The molecule has 0 heterocycles. The molecule has 0 aromatic heterocycles. The Labute approximate surface area is 103 Å². The largest absolute Gasteiger partial charge is 0.271 e. The summed E-state index contributed by atoms with van der Waals surface area (Å²) in [5, 5.41) is 4.10. The summed E-state index contributed by atoms with van der Waals surface area (Å²) in [7, 11) is 0. The second-order valence-electron chi connectivity index (χ2n) is 4.70. The Morgan fingerprint density at radius 2 is 2.00 bits per heavy atom. The lowest BCUT2D eigenvalue weighted by Gasteiger charge is -2.06. The van der Waals surface area contributed by atoms with Gasteiger partial charge in [-0.15, -0.1) is 0 Å². The Morgan fingerprint density at radius 3 is 2.59 bits per heavy atom. The van der Waals surface area contributed by atoms with E-state index in [9.17, 15) is 4.79 Å². The van der Waals surface area contributed by atoms with Gasteiger partial charge in [-0.2, -0.15) is 5.10 Å². The van der Waals surface area contributed by atoms with Gasteiger partial charge in [0, 0.05) is 11.3 Å². The van der Waals surface area contributed by atoms with Gasteiger partial charge in [0.15, 0.2) is 0 Å². The molecular weight excluding hydrogens is 212 g/mol. The Kier molecular flexibility index (Phi) is 4.88. The van der Waals surface area contributed by atoms with Crippen molar-refractivity contribution in [1.82, 2.24) is 5.43 Å². The fourth-order valence-corrected chi connectivity index (χ4v) is 1.67. The number of hydrogen-bond acceptors (Lipinski definition) is 2. The van der Waals surface area contributed by atoms with Crippen LogP contribution in [-0.2, 0) is 0 Å². The second kappa shape index (κ2) is 6.18. The van der Waals surface area contributed by atoms with E-state index < -0.39 is 0 Å². The number of benzene rings is 1. The molecule has 0 spiro atoms. The van der Waals surface area contributed by atoms with Crippen molar-refractivity contribution in [2.24, 2.45) is 11.0 Å². The number of nitrogens with zero attached hydrogens (tertiary/aromatic N) is 1. The smallest absolute Gasteiger partial charge is 0.267 e. The normalized spacial score (nSPS) is 11.7. The quantitative estimate of drug-likeness (QED) is 0.629. The number of hydrazone groups is 1. The van der Waals surface area contributed by atoms with Crippen LogP contribution in [0.1, 0.15) is 43.1 Å². The molecule has 92 valence electrons. The van der Waals surface area contributed by atoms with E-state index in [-0.39, 0.29) is 5.91 Å². The first kappa shape index (κ1) is 13.4. The van der Waals surface area contributed by atoms with Crippen molar-refractivity contribution in [2.75, 3.05) is 0 Å². The summed E-state index contributed by atoms with van der Waals surface area (Å²) in [5.41, 5.74) is 5.17. The molecule has 1 aromatic rings. The van der Waals surface area contributed by atoms with Gasteiger partial charge in [-0.05, 0) is 37.8 Å². The maximum atomic E-state index is 11.8. The van der Waals surface area contributed by atoms with Gasteiger partial charge in [0.05, 0.1) is 0 Å². The summed E-state index contributed by atoms with van der Waals surface area (Å²) in [5.74, 6) is 0.403. The molecule has 0 aliphatic carbocycles. The monoisotopic (exact) mass is 232 g/mol. The highest BCUT2D eigenvalue weighted by Crippen LogP contribution is 2.06. The molecule has 0 saturated heterocycles. The molecule has 0 atom stereocenters. The molecule has 0 bridgehead atoms. The molecule has 0 aliphatic heterocycles. The van der Waals surface area contributed by atoms with Crippen molar-refractivity contribution >= 4 is 11.6 Å². The van der Waals surface area contributed by atoms with E-state index in [1.807, 2.05) is 32.0 Å². The van der Waals surface area contributed by atoms with Gasteiger partial charge >= 0.3 is 0 Å². The van der Waals surface area contributed by atoms with Crippen LogP contribution in [0, 0.1) is 12.8 Å². The molecule has 3 heteroatoms. The van der Waals surface area contributed by atoms with Crippen LogP contribution in [0.5, 0.6) is 0 Å². The maximum absolute atomic E-state index is 11.8. The van der Waals surface area contributed by atoms with Crippen molar-refractivity contribution in [3.63, 3.8) is 0 Å². The molecule has 0 radical (unpaired) electrons. The third-order valence-electron chi connectivity index (χ3n) is 2.44. The highest BCUT2D eigenvalue weighted by Gasteiger charge is 2.07. The molecule has 0 fully saturated rings. The molecule has 1 rings (SSSR count). The molecule has 0 unspecified atom stereocenters. The summed E-state index contributed by atoms with van der Waals surface area (Å²) in [6.45, 7) is 8.10. The number of hydrogen-bond donors (Lipinski definition) is 1. The summed E-state index contributed by atoms with van der Waals surface area (Å²) >= 11 is 0. The van der Waals surface area contributed by atoms with Gasteiger partial charge in [0.1, 0.15) is 0 Å². The Hall–Kier alpha value is -1.64. The van der Waals surface area contributed by atoms with Crippen LogP contribution in [0.3, 0.4) is 0 Å². The molecule has 1 aromatic carbocycles. The number of carbonyl (C=O) groups excluding carboxylic acids is 1. The number of aryl methyl sites for hydroxylation is 1. The van der Waals surface area contributed by atoms with Crippen LogP contribution in [0.25, 0.3) is 0 Å². The Morgan fingerprint density at radius 1 is 1.35 bits per heavy atom. The van der Waals surface area contributed by atoms with Crippen LogP contribution < -0.4 is 5.43 Å². The topological polar surface area (TPSA) is 41.5 Å². The summed E-state index contributed by atoms with van der Waals surface area (Å²) in [6.07, 6.45) is 0.897. The van der Waals surface area contributed by atoms with E-state index in [1.54, 1.807) is 6.07 Å². The van der Waals surface area contributed by atoms with E-state index in [0.29, 0.717) is 11.5 Å².